The standard InChI is InChI=1S/C24H26O4S/c25-22-12-6-11-21-20(22)10-7-13-23(21)29-17-19(28-24-14-4-5-15-26-24)16-27-18-8-2-1-3-9-18/h1-3,6-13,19,24-25H,4-5,14-17H2. The van der Waals surface area contributed by atoms with Gasteiger partial charge in [0, 0.05) is 22.6 Å². The lowest BCUT2D eigenvalue weighted by Crippen LogP contribution is -2.33. The van der Waals surface area contributed by atoms with E-state index in [9.17, 15) is 5.11 Å². The molecule has 29 heavy (non-hydrogen) atoms. The van der Waals surface area contributed by atoms with E-state index in [2.05, 4.69) is 6.07 Å². The van der Waals surface area contributed by atoms with Crippen molar-refractivity contribution in [3.8, 4) is 11.5 Å². The Hall–Kier alpha value is -2.21. The van der Waals surface area contributed by atoms with Gasteiger partial charge in [0.2, 0.25) is 0 Å². The van der Waals surface area contributed by atoms with Crippen LogP contribution in [-0.4, -0.2) is 36.5 Å². The highest BCUT2D eigenvalue weighted by atomic mass is 32.2. The minimum Gasteiger partial charge on any atom is -0.507 e. The van der Waals surface area contributed by atoms with Crippen molar-refractivity contribution >= 4 is 22.5 Å². The Kier molecular flexibility index (Phi) is 6.93. The van der Waals surface area contributed by atoms with Gasteiger partial charge in [0.25, 0.3) is 0 Å². The van der Waals surface area contributed by atoms with Crippen LogP contribution in [0.5, 0.6) is 11.5 Å². The first kappa shape index (κ1) is 20.1. The second-order valence-corrected chi connectivity index (χ2v) is 8.18. The van der Waals surface area contributed by atoms with Gasteiger partial charge in [0.05, 0.1) is 0 Å². The van der Waals surface area contributed by atoms with Gasteiger partial charge in [-0.25, -0.2) is 0 Å². The van der Waals surface area contributed by atoms with Crippen molar-refractivity contribution in [2.24, 2.45) is 0 Å². The van der Waals surface area contributed by atoms with Crippen molar-refractivity contribution < 1.29 is 19.3 Å². The summed E-state index contributed by atoms with van der Waals surface area (Å²) in [5.41, 5.74) is 0. The second kappa shape index (κ2) is 10.0. The Morgan fingerprint density at radius 3 is 2.62 bits per heavy atom. The summed E-state index contributed by atoms with van der Waals surface area (Å²) in [5, 5.41) is 12.0. The van der Waals surface area contributed by atoms with Crippen LogP contribution < -0.4 is 4.74 Å². The molecule has 0 bridgehead atoms. The molecule has 3 aromatic carbocycles. The molecular weight excluding hydrogens is 384 g/mol. The number of hydrogen-bond donors (Lipinski definition) is 1. The number of fused-ring (bicyclic) bond motifs is 1. The molecule has 2 unspecified atom stereocenters. The Morgan fingerprint density at radius 2 is 1.79 bits per heavy atom. The molecule has 1 heterocycles. The second-order valence-electron chi connectivity index (χ2n) is 7.12. The average Bonchev–Trinajstić information content (AvgIpc) is 2.77. The molecule has 1 aliphatic heterocycles. The first-order chi connectivity index (χ1) is 14.3. The van der Waals surface area contributed by atoms with Crippen LogP contribution in [0.15, 0.2) is 71.6 Å². The molecule has 5 heteroatoms. The zero-order valence-electron chi connectivity index (χ0n) is 16.3. The molecule has 0 radical (unpaired) electrons. The Labute approximate surface area is 175 Å². The molecule has 4 nitrogen and oxygen atoms in total. The van der Waals surface area contributed by atoms with Gasteiger partial charge in [-0.3, -0.25) is 0 Å². The van der Waals surface area contributed by atoms with Crippen molar-refractivity contribution in [1.29, 1.82) is 0 Å². The zero-order chi connectivity index (χ0) is 19.9. The van der Waals surface area contributed by atoms with Gasteiger partial charge < -0.3 is 19.3 Å². The maximum atomic E-state index is 10.1. The van der Waals surface area contributed by atoms with Gasteiger partial charge in [-0.1, -0.05) is 42.5 Å². The summed E-state index contributed by atoms with van der Waals surface area (Å²) in [6.45, 7) is 1.22. The fourth-order valence-corrected chi connectivity index (χ4v) is 4.49. The average molecular weight is 411 g/mol. The molecule has 4 rings (SSSR count). The number of phenols is 1. The van der Waals surface area contributed by atoms with E-state index in [1.54, 1.807) is 17.8 Å². The third-order valence-corrected chi connectivity index (χ3v) is 6.15. The van der Waals surface area contributed by atoms with Gasteiger partial charge in [-0.15, -0.1) is 11.8 Å². The lowest BCUT2D eigenvalue weighted by molar-refractivity contribution is -0.187. The molecule has 0 saturated carbocycles. The molecule has 2 atom stereocenters. The lowest BCUT2D eigenvalue weighted by Gasteiger charge is -2.27. The van der Waals surface area contributed by atoms with Crippen LogP contribution in [0.2, 0.25) is 0 Å². The number of phenolic OH excluding ortho intramolecular Hbond substituents is 1. The number of aromatic hydroxyl groups is 1. The number of hydrogen-bond acceptors (Lipinski definition) is 5. The van der Waals surface area contributed by atoms with Gasteiger partial charge in [0.1, 0.15) is 24.2 Å². The molecule has 0 amide bonds. The predicted octanol–water partition coefficient (Wildman–Crippen LogP) is 5.63. The maximum Gasteiger partial charge on any atom is 0.158 e. The summed E-state index contributed by atoms with van der Waals surface area (Å²) >= 11 is 1.72. The summed E-state index contributed by atoms with van der Waals surface area (Å²) in [5.74, 6) is 1.88. The molecule has 3 aromatic rings. The van der Waals surface area contributed by atoms with Crippen LogP contribution in [0, 0.1) is 0 Å². The molecule has 1 fully saturated rings. The fourth-order valence-electron chi connectivity index (χ4n) is 3.44. The molecular formula is C24H26O4S. The van der Waals surface area contributed by atoms with Crippen molar-refractivity contribution in [2.45, 2.75) is 36.6 Å². The number of rotatable bonds is 8. The largest absolute Gasteiger partial charge is 0.507 e. The van der Waals surface area contributed by atoms with E-state index < -0.39 is 0 Å². The van der Waals surface area contributed by atoms with Crippen LogP contribution in [0.3, 0.4) is 0 Å². The van der Waals surface area contributed by atoms with Gasteiger partial charge in [-0.2, -0.15) is 0 Å². The van der Waals surface area contributed by atoms with E-state index in [-0.39, 0.29) is 12.4 Å². The number of benzene rings is 3. The molecule has 0 aliphatic carbocycles. The van der Waals surface area contributed by atoms with E-state index in [4.69, 9.17) is 14.2 Å². The van der Waals surface area contributed by atoms with E-state index in [1.165, 1.54) is 0 Å². The SMILES string of the molecule is Oc1cccc2c(SCC(COc3ccccc3)OC3CCCCO3)cccc12. The van der Waals surface area contributed by atoms with Crippen molar-refractivity contribution in [1.82, 2.24) is 0 Å². The number of ether oxygens (including phenoxy) is 3. The highest BCUT2D eigenvalue weighted by Gasteiger charge is 2.21. The van der Waals surface area contributed by atoms with Gasteiger partial charge >= 0.3 is 0 Å². The van der Waals surface area contributed by atoms with Crippen LogP contribution in [0.25, 0.3) is 10.8 Å². The first-order valence-corrected chi connectivity index (χ1v) is 11.1. The lowest BCUT2D eigenvalue weighted by atomic mass is 10.1. The van der Waals surface area contributed by atoms with Gasteiger partial charge in [0.15, 0.2) is 6.29 Å². The van der Waals surface area contributed by atoms with Crippen LogP contribution in [0.4, 0.5) is 0 Å². The highest BCUT2D eigenvalue weighted by Crippen LogP contribution is 2.33. The zero-order valence-corrected chi connectivity index (χ0v) is 17.1. The van der Waals surface area contributed by atoms with Crippen molar-refractivity contribution in [2.75, 3.05) is 19.0 Å². The molecule has 1 N–H and O–H groups in total. The maximum absolute atomic E-state index is 10.1. The van der Waals surface area contributed by atoms with E-state index in [0.717, 1.165) is 53.0 Å². The van der Waals surface area contributed by atoms with E-state index in [1.807, 2.05) is 54.6 Å². The Bertz CT molecular complexity index is 909. The summed E-state index contributed by atoms with van der Waals surface area (Å²) in [7, 11) is 0. The molecule has 0 aromatic heterocycles. The fraction of sp³-hybridized carbons (Fsp3) is 0.333. The number of para-hydroxylation sites is 1. The van der Waals surface area contributed by atoms with Crippen LogP contribution >= 0.6 is 11.8 Å². The minimum atomic E-state index is -0.162. The normalized spacial score (nSPS) is 17.9. The third kappa shape index (κ3) is 5.44. The van der Waals surface area contributed by atoms with Crippen LogP contribution in [-0.2, 0) is 9.47 Å². The molecule has 152 valence electrons. The third-order valence-electron chi connectivity index (χ3n) is 4.95. The highest BCUT2D eigenvalue weighted by molar-refractivity contribution is 7.99. The summed E-state index contributed by atoms with van der Waals surface area (Å²) in [4.78, 5) is 1.12. The smallest absolute Gasteiger partial charge is 0.158 e. The first-order valence-electron chi connectivity index (χ1n) is 10.1. The quantitative estimate of drug-likeness (QED) is 0.488. The molecule has 1 aliphatic rings. The monoisotopic (exact) mass is 410 g/mol. The van der Waals surface area contributed by atoms with E-state index in [0.29, 0.717) is 12.4 Å². The Morgan fingerprint density at radius 1 is 0.966 bits per heavy atom. The van der Waals surface area contributed by atoms with Gasteiger partial charge in [-0.05, 0) is 48.9 Å². The van der Waals surface area contributed by atoms with Crippen molar-refractivity contribution in [3.63, 3.8) is 0 Å². The predicted molar refractivity (Wildman–Crippen MR) is 117 cm³/mol. The summed E-state index contributed by atoms with van der Waals surface area (Å²) in [6, 6.07) is 21.4. The molecule has 1 saturated heterocycles. The summed E-state index contributed by atoms with van der Waals surface area (Å²) < 4.78 is 18.0. The number of thioether (sulfide) groups is 1. The molecule has 0 spiro atoms. The Balaban J connectivity index is 1.45. The van der Waals surface area contributed by atoms with Crippen LogP contribution in [0.1, 0.15) is 19.3 Å². The summed E-state index contributed by atoms with van der Waals surface area (Å²) in [6.07, 6.45) is 2.89. The van der Waals surface area contributed by atoms with E-state index >= 15 is 0 Å². The van der Waals surface area contributed by atoms with Crippen molar-refractivity contribution in [3.05, 3.63) is 66.7 Å². The minimum absolute atomic E-state index is 0.101. The topological polar surface area (TPSA) is 47.9 Å².